The van der Waals surface area contributed by atoms with Gasteiger partial charge in [-0.3, -0.25) is 9.48 Å². The first kappa shape index (κ1) is 25.8. The van der Waals surface area contributed by atoms with Crippen LogP contribution in [0.2, 0.25) is 5.15 Å². The number of alkyl halides is 2. The van der Waals surface area contributed by atoms with Crippen molar-refractivity contribution in [2.45, 2.75) is 58.0 Å². The van der Waals surface area contributed by atoms with Gasteiger partial charge in [-0.15, -0.1) is 0 Å². The quantitative estimate of drug-likeness (QED) is 0.200. The van der Waals surface area contributed by atoms with Gasteiger partial charge in [0.1, 0.15) is 5.15 Å². The number of aromatic nitrogens is 3. The van der Waals surface area contributed by atoms with Crippen LogP contribution in [0.4, 0.5) is 20.3 Å². The van der Waals surface area contributed by atoms with E-state index in [0.717, 1.165) is 74.9 Å². The predicted molar refractivity (Wildman–Crippen MR) is 114 cm³/mol. The molecule has 0 saturated heterocycles. The number of nitrogens with zero attached hydrogens (tertiary/aromatic N) is 4. The molecule has 2 aliphatic heterocycles. The van der Waals surface area contributed by atoms with Crippen molar-refractivity contribution in [2.75, 3.05) is 18.0 Å². The van der Waals surface area contributed by atoms with Gasteiger partial charge in [-0.25, -0.2) is 19.0 Å². The summed E-state index contributed by atoms with van der Waals surface area (Å²) in [4.78, 5) is 17.9. The number of rotatable bonds is 4. The third-order valence-electron chi connectivity index (χ3n) is 6.31. The second-order valence-electron chi connectivity index (χ2n) is 8.44. The van der Waals surface area contributed by atoms with Crippen LogP contribution in [0.15, 0.2) is 6.07 Å². The summed E-state index contributed by atoms with van der Waals surface area (Å²) in [5.41, 5.74) is 3.81. The molecule has 0 spiro atoms. The van der Waals surface area contributed by atoms with Crippen molar-refractivity contribution in [1.29, 1.82) is 0 Å². The Morgan fingerprint density at radius 1 is 1.36 bits per heavy atom. The molecule has 0 amide bonds. The summed E-state index contributed by atoms with van der Waals surface area (Å²) in [7, 11) is 0. The Balaban J connectivity index is 0.000000569. The molecule has 0 aromatic carbocycles. The first-order chi connectivity index (χ1) is 15.4. The molecule has 12 heteroatoms. The van der Waals surface area contributed by atoms with Crippen LogP contribution in [0.1, 0.15) is 61.2 Å². The second-order valence-corrected chi connectivity index (χ2v) is 8.80. The standard InChI is InChI=1S/C20H24ClF2N5.CH2O3.Cu/c1-11-7-12(8-11)28-16-4-5-24-10-14(16)20(26-28)27-6-2-3-15-17(27)9-13(19(22)23)18(21)25-15;2-1-4-3;/h9,11-12,19,24H,2-8,10H2,1H3;1,3H;. The Bertz CT molecular complexity index is 987. The molecular formula is C21H26ClCuF2N5O3. The molecule has 2 aromatic rings. The maximum absolute atomic E-state index is 13.4. The van der Waals surface area contributed by atoms with E-state index in [9.17, 15) is 8.78 Å². The minimum absolute atomic E-state index is 0. The number of carbonyl (C=O) groups is 1. The van der Waals surface area contributed by atoms with Crippen molar-refractivity contribution in [3.63, 3.8) is 0 Å². The monoisotopic (exact) mass is 532 g/mol. The zero-order chi connectivity index (χ0) is 22.8. The summed E-state index contributed by atoms with van der Waals surface area (Å²) >= 11 is 6.01. The van der Waals surface area contributed by atoms with E-state index in [1.54, 1.807) is 0 Å². The van der Waals surface area contributed by atoms with Gasteiger partial charge < -0.3 is 15.1 Å². The number of anilines is 2. The summed E-state index contributed by atoms with van der Waals surface area (Å²) in [6.45, 7) is 4.67. The van der Waals surface area contributed by atoms with E-state index < -0.39 is 6.43 Å². The molecule has 0 atom stereocenters. The summed E-state index contributed by atoms with van der Waals surface area (Å²) in [5, 5.41) is 15.4. The van der Waals surface area contributed by atoms with Crippen LogP contribution < -0.4 is 10.2 Å². The van der Waals surface area contributed by atoms with Gasteiger partial charge in [0.2, 0.25) is 0 Å². The zero-order valence-corrected chi connectivity index (χ0v) is 19.7. The Morgan fingerprint density at radius 3 is 2.73 bits per heavy atom. The van der Waals surface area contributed by atoms with E-state index in [1.165, 1.54) is 17.3 Å². The number of hydrogen-bond acceptors (Lipinski definition) is 7. The Hall–Kier alpha value is -1.78. The van der Waals surface area contributed by atoms with Crippen LogP contribution in [0.3, 0.4) is 0 Å². The number of hydrogen-bond donors (Lipinski definition) is 2. The largest absolute Gasteiger partial charge is 0.330 e. The van der Waals surface area contributed by atoms with Crippen LogP contribution in [-0.2, 0) is 46.1 Å². The van der Waals surface area contributed by atoms with Crippen LogP contribution in [0, 0.1) is 5.92 Å². The summed E-state index contributed by atoms with van der Waals surface area (Å²) in [6.07, 6.45) is 2.28. The number of fused-ring (bicyclic) bond motifs is 2. The van der Waals surface area contributed by atoms with E-state index in [-0.39, 0.29) is 34.3 Å². The Labute approximate surface area is 206 Å². The number of carbonyl (C=O) groups excluding carboxylic acids is 1. The van der Waals surface area contributed by atoms with Gasteiger partial charge in [0.15, 0.2) is 5.82 Å². The number of halogens is 3. The fourth-order valence-electron chi connectivity index (χ4n) is 4.78. The molecular weight excluding hydrogens is 507 g/mol. The van der Waals surface area contributed by atoms with E-state index >= 15 is 0 Å². The van der Waals surface area contributed by atoms with Crippen molar-refractivity contribution >= 4 is 29.6 Å². The van der Waals surface area contributed by atoms with Crippen molar-refractivity contribution in [3.05, 3.63) is 33.7 Å². The molecule has 5 rings (SSSR count). The molecule has 1 saturated carbocycles. The molecule has 0 bridgehead atoms. The summed E-state index contributed by atoms with van der Waals surface area (Å²) < 4.78 is 29.1. The molecule has 185 valence electrons. The number of pyridine rings is 1. The van der Waals surface area contributed by atoms with Crippen molar-refractivity contribution in [3.8, 4) is 0 Å². The average Bonchev–Trinajstić information content (AvgIpc) is 3.15. The second kappa shape index (κ2) is 11.1. The molecule has 2 aromatic heterocycles. The van der Waals surface area contributed by atoms with Crippen LogP contribution in [0.5, 0.6) is 0 Å². The molecule has 3 aliphatic rings. The van der Waals surface area contributed by atoms with Gasteiger partial charge in [-0.2, -0.15) is 5.10 Å². The predicted octanol–water partition coefficient (Wildman–Crippen LogP) is 4.20. The number of aryl methyl sites for hydroxylation is 1. The number of nitrogens with one attached hydrogen (secondary N) is 1. The first-order valence-electron chi connectivity index (χ1n) is 10.7. The summed E-state index contributed by atoms with van der Waals surface area (Å²) in [6, 6.07) is 1.97. The molecule has 1 radical (unpaired) electrons. The summed E-state index contributed by atoms with van der Waals surface area (Å²) in [5.74, 6) is 1.64. The molecule has 33 heavy (non-hydrogen) atoms. The van der Waals surface area contributed by atoms with Gasteiger partial charge in [0.05, 0.1) is 23.0 Å². The van der Waals surface area contributed by atoms with E-state index in [4.69, 9.17) is 26.8 Å². The molecule has 1 aliphatic carbocycles. The maximum Gasteiger partial charge on any atom is 0.330 e. The fourth-order valence-corrected chi connectivity index (χ4v) is 5.02. The van der Waals surface area contributed by atoms with Crippen LogP contribution in [0.25, 0.3) is 0 Å². The fraction of sp³-hybridized carbons (Fsp3) is 0.571. The smallest absolute Gasteiger partial charge is 0.323 e. The molecule has 4 heterocycles. The van der Waals surface area contributed by atoms with Gasteiger partial charge in [-0.05, 0) is 37.7 Å². The Morgan fingerprint density at radius 2 is 2.09 bits per heavy atom. The van der Waals surface area contributed by atoms with E-state index in [2.05, 4.69) is 31.7 Å². The minimum Gasteiger partial charge on any atom is -0.323 e. The molecule has 1 fully saturated rings. The normalized spacial score (nSPS) is 21.1. The van der Waals surface area contributed by atoms with Crippen molar-refractivity contribution in [1.82, 2.24) is 20.1 Å². The van der Waals surface area contributed by atoms with Crippen molar-refractivity contribution in [2.24, 2.45) is 5.92 Å². The SMILES string of the molecule is CC1CC(n2nc(N3CCCc4nc(Cl)c(C(F)F)cc43)c3c2CCNC3)C1.O=COO.[Cu]. The molecule has 2 N–H and O–H groups in total. The van der Waals surface area contributed by atoms with Crippen LogP contribution >= 0.6 is 11.6 Å². The van der Waals surface area contributed by atoms with Gasteiger partial charge in [0, 0.05) is 54.4 Å². The van der Waals surface area contributed by atoms with E-state index in [0.29, 0.717) is 6.04 Å². The van der Waals surface area contributed by atoms with Crippen molar-refractivity contribution < 1.29 is 40.8 Å². The van der Waals surface area contributed by atoms with Crippen LogP contribution in [-0.4, -0.2) is 39.6 Å². The minimum atomic E-state index is -2.64. The van der Waals surface area contributed by atoms with E-state index in [1.807, 2.05) is 0 Å². The van der Waals surface area contributed by atoms with Gasteiger partial charge in [0.25, 0.3) is 6.43 Å². The van der Waals surface area contributed by atoms with Gasteiger partial charge >= 0.3 is 6.47 Å². The van der Waals surface area contributed by atoms with Gasteiger partial charge in [-0.1, -0.05) is 18.5 Å². The topological polar surface area (TPSA) is 92.5 Å². The maximum atomic E-state index is 13.4. The first-order valence-corrected chi connectivity index (χ1v) is 11.1. The third kappa shape index (κ3) is 5.17. The molecule has 8 nitrogen and oxygen atoms in total. The Kier molecular flexibility index (Phi) is 8.69. The average molecular weight is 533 g/mol. The third-order valence-corrected chi connectivity index (χ3v) is 6.61. The zero-order valence-electron chi connectivity index (χ0n) is 18.0. The molecule has 0 unspecified atom stereocenters.